The number of hydrogen-bond donors (Lipinski definition) is 3. The maximum atomic E-state index is 11.7. The largest absolute Gasteiger partial charge is 0.363 e. The molecular formula is C17H27N4OS+. The lowest BCUT2D eigenvalue weighted by molar-refractivity contribution is -0.858. The normalized spacial score (nSPS) is 14.4. The number of hydrogen-bond acceptors (Lipinski definition) is 2. The minimum Gasteiger partial charge on any atom is -0.363 e. The van der Waals surface area contributed by atoms with Gasteiger partial charge in [-0.2, -0.15) is 0 Å². The molecule has 1 aromatic carbocycles. The lowest BCUT2D eigenvalue weighted by Crippen LogP contribution is -3.05. The summed E-state index contributed by atoms with van der Waals surface area (Å²) in [6, 6.07) is 8.12. The highest BCUT2D eigenvalue weighted by Crippen LogP contribution is 2.21. The molecule has 0 saturated carbocycles. The molecule has 126 valence electrons. The van der Waals surface area contributed by atoms with Crippen molar-refractivity contribution in [3.05, 3.63) is 29.8 Å². The summed E-state index contributed by atoms with van der Waals surface area (Å²) in [5.74, 6) is 0.223. The van der Waals surface area contributed by atoms with Gasteiger partial charge in [0.1, 0.15) is 0 Å². The van der Waals surface area contributed by atoms with E-state index < -0.39 is 0 Å². The zero-order chi connectivity index (χ0) is 16.7. The fraction of sp³-hybridized carbons (Fsp3) is 0.529. The fourth-order valence-corrected chi connectivity index (χ4v) is 2.78. The first-order chi connectivity index (χ1) is 11.1. The highest BCUT2D eigenvalue weighted by Gasteiger charge is 2.21. The topological polar surface area (TPSA) is 48.8 Å². The van der Waals surface area contributed by atoms with Gasteiger partial charge in [-0.15, -0.1) is 0 Å². The summed E-state index contributed by atoms with van der Waals surface area (Å²) in [5.41, 5.74) is 2.14. The van der Waals surface area contributed by atoms with Crippen molar-refractivity contribution in [1.82, 2.24) is 10.6 Å². The molecule has 0 unspecified atom stereocenters. The van der Waals surface area contributed by atoms with E-state index in [1.54, 1.807) is 0 Å². The van der Waals surface area contributed by atoms with Gasteiger partial charge >= 0.3 is 0 Å². The Morgan fingerprint density at radius 2 is 2.00 bits per heavy atom. The van der Waals surface area contributed by atoms with Crippen LogP contribution in [0.25, 0.3) is 0 Å². The van der Waals surface area contributed by atoms with Crippen LogP contribution in [0.4, 0.5) is 5.69 Å². The van der Waals surface area contributed by atoms with Gasteiger partial charge in [0, 0.05) is 38.2 Å². The Kier molecular flexibility index (Phi) is 6.80. The smallest absolute Gasteiger partial charge is 0.227 e. The van der Waals surface area contributed by atoms with Crippen molar-refractivity contribution in [3.63, 3.8) is 0 Å². The summed E-state index contributed by atoms with van der Waals surface area (Å²) in [6.45, 7) is 3.55. The molecule has 3 N–H and O–H groups in total. The summed E-state index contributed by atoms with van der Waals surface area (Å²) >= 11 is 5.28. The third-order valence-electron chi connectivity index (χ3n) is 3.91. The average molecular weight is 335 g/mol. The number of nitrogens with zero attached hydrogens (tertiary/aromatic N) is 1. The van der Waals surface area contributed by atoms with E-state index in [4.69, 9.17) is 12.2 Å². The SMILES string of the molecule is C[NH+](C)CCCNC(=S)NCc1ccc(N2CCCC2=O)cc1. The lowest BCUT2D eigenvalue weighted by Gasteiger charge is -2.16. The van der Waals surface area contributed by atoms with E-state index in [1.165, 1.54) is 4.90 Å². The molecule has 23 heavy (non-hydrogen) atoms. The van der Waals surface area contributed by atoms with E-state index in [2.05, 4.69) is 24.7 Å². The van der Waals surface area contributed by atoms with Gasteiger partial charge < -0.3 is 20.4 Å². The summed E-state index contributed by atoms with van der Waals surface area (Å²) < 4.78 is 0. The quantitative estimate of drug-likeness (QED) is 0.496. The van der Waals surface area contributed by atoms with Crippen LogP contribution >= 0.6 is 12.2 Å². The van der Waals surface area contributed by atoms with Gasteiger partial charge in [0.2, 0.25) is 5.91 Å². The van der Waals surface area contributed by atoms with Crippen LogP contribution in [-0.2, 0) is 11.3 Å². The molecule has 0 aliphatic carbocycles. The molecular weight excluding hydrogens is 308 g/mol. The standard InChI is InChI=1S/C17H26N4OS/c1-20(2)11-4-10-18-17(23)19-13-14-6-8-15(9-7-14)21-12-3-5-16(21)22/h6-9H,3-5,10-13H2,1-2H3,(H2,18,19,23)/p+1. The number of benzene rings is 1. The molecule has 1 amide bonds. The lowest BCUT2D eigenvalue weighted by atomic mass is 10.2. The zero-order valence-corrected chi connectivity index (χ0v) is 14.8. The van der Waals surface area contributed by atoms with Crippen molar-refractivity contribution in [2.45, 2.75) is 25.8 Å². The predicted molar refractivity (Wildman–Crippen MR) is 97.8 cm³/mol. The maximum Gasteiger partial charge on any atom is 0.227 e. The minimum absolute atomic E-state index is 0.223. The number of quaternary nitrogens is 1. The molecule has 1 fully saturated rings. The third kappa shape index (κ3) is 5.80. The Bertz CT molecular complexity index is 530. The molecule has 2 rings (SSSR count). The summed E-state index contributed by atoms with van der Waals surface area (Å²) in [4.78, 5) is 15.0. The summed E-state index contributed by atoms with van der Waals surface area (Å²) in [7, 11) is 4.30. The van der Waals surface area contributed by atoms with Crippen LogP contribution in [-0.4, -0.2) is 44.7 Å². The average Bonchev–Trinajstić information content (AvgIpc) is 2.96. The van der Waals surface area contributed by atoms with Crippen molar-refractivity contribution in [2.75, 3.05) is 38.6 Å². The molecule has 0 atom stereocenters. The van der Waals surface area contributed by atoms with Gasteiger partial charge in [0.25, 0.3) is 0 Å². The molecule has 0 spiro atoms. The van der Waals surface area contributed by atoms with Crippen molar-refractivity contribution in [3.8, 4) is 0 Å². The molecule has 5 nitrogen and oxygen atoms in total. The van der Waals surface area contributed by atoms with Crippen LogP contribution in [0.1, 0.15) is 24.8 Å². The third-order valence-corrected chi connectivity index (χ3v) is 4.20. The van der Waals surface area contributed by atoms with Crippen LogP contribution < -0.4 is 20.4 Å². The van der Waals surface area contributed by atoms with Gasteiger partial charge in [-0.25, -0.2) is 0 Å². The number of thiocarbonyl (C=S) groups is 1. The van der Waals surface area contributed by atoms with E-state index in [0.717, 1.165) is 43.7 Å². The number of carbonyl (C=O) groups excluding carboxylic acids is 1. The number of amides is 1. The van der Waals surface area contributed by atoms with Crippen molar-refractivity contribution < 1.29 is 9.69 Å². The fourth-order valence-electron chi connectivity index (χ4n) is 2.60. The Labute approximate surface area is 144 Å². The van der Waals surface area contributed by atoms with E-state index in [1.807, 2.05) is 29.2 Å². The van der Waals surface area contributed by atoms with Crippen molar-refractivity contribution in [2.24, 2.45) is 0 Å². The molecule has 1 aliphatic heterocycles. The number of carbonyl (C=O) groups is 1. The second-order valence-electron chi connectivity index (χ2n) is 6.24. The number of nitrogens with one attached hydrogen (secondary N) is 3. The summed E-state index contributed by atoms with van der Waals surface area (Å²) in [5, 5.41) is 7.13. The number of rotatable bonds is 7. The second-order valence-corrected chi connectivity index (χ2v) is 6.64. The van der Waals surface area contributed by atoms with Gasteiger partial charge in [-0.1, -0.05) is 12.1 Å². The van der Waals surface area contributed by atoms with Crippen LogP contribution in [0.3, 0.4) is 0 Å². The highest BCUT2D eigenvalue weighted by molar-refractivity contribution is 7.80. The van der Waals surface area contributed by atoms with Crippen LogP contribution in [0, 0.1) is 0 Å². The maximum absolute atomic E-state index is 11.7. The highest BCUT2D eigenvalue weighted by atomic mass is 32.1. The molecule has 1 aromatic rings. The predicted octanol–water partition coefficient (Wildman–Crippen LogP) is 0.312. The molecule has 6 heteroatoms. The van der Waals surface area contributed by atoms with Gasteiger partial charge in [-0.05, 0) is 36.3 Å². The molecule has 0 bridgehead atoms. The minimum atomic E-state index is 0.223. The Balaban J connectivity index is 1.71. The monoisotopic (exact) mass is 335 g/mol. The van der Waals surface area contributed by atoms with Crippen molar-refractivity contribution >= 4 is 28.9 Å². The van der Waals surface area contributed by atoms with E-state index in [9.17, 15) is 4.79 Å². The first-order valence-corrected chi connectivity index (χ1v) is 8.67. The molecule has 0 radical (unpaired) electrons. The first-order valence-electron chi connectivity index (χ1n) is 8.26. The summed E-state index contributed by atoms with van der Waals surface area (Å²) in [6.07, 6.45) is 2.72. The molecule has 0 aromatic heterocycles. The van der Waals surface area contributed by atoms with Crippen molar-refractivity contribution in [1.29, 1.82) is 0 Å². The van der Waals surface area contributed by atoms with Gasteiger partial charge in [-0.3, -0.25) is 4.79 Å². The Morgan fingerprint density at radius 3 is 2.61 bits per heavy atom. The van der Waals surface area contributed by atoms with E-state index in [-0.39, 0.29) is 5.91 Å². The zero-order valence-electron chi connectivity index (χ0n) is 14.0. The Morgan fingerprint density at radius 1 is 1.26 bits per heavy atom. The van der Waals surface area contributed by atoms with Crippen LogP contribution in [0.15, 0.2) is 24.3 Å². The van der Waals surface area contributed by atoms with Gasteiger partial charge in [0.15, 0.2) is 5.11 Å². The van der Waals surface area contributed by atoms with Gasteiger partial charge in [0.05, 0.1) is 20.6 Å². The Hall–Kier alpha value is -1.66. The molecule has 1 aliphatic rings. The van der Waals surface area contributed by atoms with Crippen LogP contribution in [0.5, 0.6) is 0 Å². The first kappa shape index (κ1) is 17.7. The molecule has 1 heterocycles. The molecule has 1 saturated heterocycles. The van der Waals surface area contributed by atoms with E-state index in [0.29, 0.717) is 18.1 Å². The van der Waals surface area contributed by atoms with Crippen LogP contribution in [0.2, 0.25) is 0 Å². The second kappa shape index (κ2) is 8.84. The van der Waals surface area contributed by atoms with E-state index >= 15 is 0 Å². The number of anilines is 1.